The number of aliphatic hydroxyl groups is 1. The van der Waals surface area contributed by atoms with Gasteiger partial charge < -0.3 is 15.6 Å². The molecule has 0 unspecified atom stereocenters. The molecule has 0 fully saturated rings. The Balaban J connectivity index is 0.000000500. The minimum Gasteiger partial charge on any atom is -0.445 e. The first-order valence-electron chi connectivity index (χ1n) is 4.27. The molecule has 4 nitrogen and oxygen atoms in total. The first kappa shape index (κ1) is 12.4. The van der Waals surface area contributed by atoms with Crippen molar-refractivity contribution in [1.82, 2.24) is 0 Å². The highest BCUT2D eigenvalue weighted by molar-refractivity contribution is 5.64. The van der Waals surface area contributed by atoms with Gasteiger partial charge in [-0.1, -0.05) is 30.3 Å². The Morgan fingerprint density at radius 2 is 1.93 bits per heavy atom. The summed E-state index contributed by atoms with van der Waals surface area (Å²) in [5.41, 5.74) is 5.72. The second kappa shape index (κ2) is 8.07. The van der Waals surface area contributed by atoms with Gasteiger partial charge in [0, 0.05) is 6.61 Å². The maximum atomic E-state index is 10.2. The zero-order valence-corrected chi connectivity index (χ0v) is 8.14. The number of aliphatic hydroxyl groups excluding tert-OH is 1. The Bertz CT molecular complexity index is 249. The molecule has 0 bridgehead atoms. The average molecular weight is 197 g/mol. The SMILES string of the molecule is CCO.NC(=O)OCc1ccccc1. The Morgan fingerprint density at radius 1 is 1.43 bits per heavy atom. The third-order valence-electron chi connectivity index (χ3n) is 1.22. The lowest BCUT2D eigenvalue weighted by Gasteiger charge is -1.99. The lowest BCUT2D eigenvalue weighted by molar-refractivity contribution is 0.150. The molecule has 3 N–H and O–H groups in total. The predicted molar refractivity (Wildman–Crippen MR) is 53.6 cm³/mol. The number of carbonyl (C=O) groups is 1. The molecule has 0 heterocycles. The third-order valence-corrected chi connectivity index (χ3v) is 1.22. The number of hydrogen-bond donors (Lipinski definition) is 2. The molecule has 78 valence electrons. The smallest absolute Gasteiger partial charge is 0.404 e. The molecule has 0 radical (unpaired) electrons. The van der Waals surface area contributed by atoms with E-state index >= 15 is 0 Å². The number of benzene rings is 1. The van der Waals surface area contributed by atoms with Crippen molar-refractivity contribution < 1.29 is 14.6 Å². The molecule has 0 aliphatic rings. The van der Waals surface area contributed by atoms with Gasteiger partial charge in [0.1, 0.15) is 6.61 Å². The molecule has 1 aromatic rings. The summed E-state index contributed by atoms with van der Waals surface area (Å²) in [6.07, 6.45) is -0.742. The number of hydrogen-bond acceptors (Lipinski definition) is 3. The molecule has 0 spiro atoms. The van der Waals surface area contributed by atoms with Gasteiger partial charge in [0.2, 0.25) is 0 Å². The first-order valence-corrected chi connectivity index (χ1v) is 4.27. The highest BCUT2D eigenvalue weighted by atomic mass is 16.5. The van der Waals surface area contributed by atoms with Crippen molar-refractivity contribution in [2.75, 3.05) is 6.61 Å². The fourth-order valence-electron chi connectivity index (χ4n) is 0.729. The second-order valence-electron chi connectivity index (χ2n) is 2.41. The lowest BCUT2D eigenvalue weighted by atomic mass is 10.2. The summed E-state index contributed by atoms with van der Waals surface area (Å²) in [4.78, 5) is 10.2. The number of primary amides is 1. The lowest BCUT2D eigenvalue weighted by Crippen LogP contribution is -2.12. The van der Waals surface area contributed by atoms with Gasteiger partial charge in [-0.25, -0.2) is 4.79 Å². The molecular formula is C10H15NO3. The molecule has 0 aliphatic carbocycles. The van der Waals surface area contributed by atoms with E-state index in [9.17, 15) is 4.79 Å². The van der Waals surface area contributed by atoms with E-state index in [0.717, 1.165) is 5.56 Å². The molecule has 1 aromatic carbocycles. The van der Waals surface area contributed by atoms with Crippen molar-refractivity contribution in [2.24, 2.45) is 5.73 Å². The van der Waals surface area contributed by atoms with Gasteiger partial charge in [0.15, 0.2) is 0 Å². The number of amides is 1. The van der Waals surface area contributed by atoms with Gasteiger partial charge in [-0.15, -0.1) is 0 Å². The number of carbonyl (C=O) groups excluding carboxylic acids is 1. The fourth-order valence-corrected chi connectivity index (χ4v) is 0.729. The summed E-state index contributed by atoms with van der Waals surface area (Å²) in [5, 5.41) is 7.57. The van der Waals surface area contributed by atoms with Crippen LogP contribution in [-0.2, 0) is 11.3 Å². The van der Waals surface area contributed by atoms with Crippen molar-refractivity contribution in [3.05, 3.63) is 35.9 Å². The summed E-state index contributed by atoms with van der Waals surface area (Å²) in [6.45, 7) is 2.18. The minimum absolute atomic E-state index is 0.246. The largest absolute Gasteiger partial charge is 0.445 e. The summed E-state index contributed by atoms with van der Waals surface area (Å²) < 4.78 is 4.57. The van der Waals surface area contributed by atoms with E-state index in [4.69, 9.17) is 10.8 Å². The molecule has 0 aliphatic heterocycles. The first-order chi connectivity index (χ1) is 6.70. The third kappa shape index (κ3) is 7.12. The van der Waals surface area contributed by atoms with Crippen LogP contribution in [0.3, 0.4) is 0 Å². The Morgan fingerprint density at radius 3 is 2.36 bits per heavy atom. The van der Waals surface area contributed by atoms with Crippen molar-refractivity contribution >= 4 is 6.09 Å². The Hall–Kier alpha value is -1.55. The summed E-state index contributed by atoms with van der Waals surface area (Å²) >= 11 is 0. The molecular weight excluding hydrogens is 182 g/mol. The van der Waals surface area contributed by atoms with Gasteiger partial charge in [-0.3, -0.25) is 0 Å². The van der Waals surface area contributed by atoms with E-state index in [2.05, 4.69) is 4.74 Å². The van der Waals surface area contributed by atoms with E-state index < -0.39 is 6.09 Å². The van der Waals surface area contributed by atoms with E-state index in [-0.39, 0.29) is 13.2 Å². The zero-order chi connectivity index (χ0) is 10.8. The monoisotopic (exact) mass is 197 g/mol. The van der Waals surface area contributed by atoms with Crippen molar-refractivity contribution in [3.63, 3.8) is 0 Å². The quantitative estimate of drug-likeness (QED) is 0.750. The molecule has 0 aromatic heterocycles. The Labute approximate surface area is 83.3 Å². The maximum absolute atomic E-state index is 10.2. The van der Waals surface area contributed by atoms with Crippen LogP contribution >= 0.6 is 0 Å². The van der Waals surface area contributed by atoms with Gasteiger partial charge in [0.25, 0.3) is 0 Å². The molecule has 0 atom stereocenters. The maximum Gasteiger partial charge on any atom is 0.404 e. The van der Waals surface area contributed by atoms with Crippen LogP contribution in [0.5, 0.6) is 0 Å². The van der Waals surface area contributed by atoms with E-state index in [1.807, 2.05) is 30.3 Å². The van der Waals surface area contributed by atoms with Crippen molar-refractivity contribution in [2.45, 2.75) is 13.5 Å². The van der Waals surface area contributed by atoms with Crippen LogP contribution in [0.2, 0.25) is 0 Å². The van der Waals surface area contributed by atoms with Gasteiger partial charge in [0.05, 0.1) is 0 Å². The number of ether oxygens (including phenoxy) is 1. The van der Waals surface area contributed by atoms with Crippen LogP contribution in [0, 0.1) is 0 Å². The second-order valence-corrected chi connectivity index (χ2v) is 2.41. The molecule has 4 heteroatoms. The van der Waals surface area contributed by atoms with Crippen LogP contribution in [0.4, 0.5) is 4.79 Å². The summed E-state index contributed by atoms with van der Waals surface area (Å²) in [5.74, 6) is 0. The highest BCUT2D eigenvalue weighted by Crippen LogP contribution is 1.99. The average Bonchev–Trinajstić information content (AvgIpc) is 2.18. The normalized spacial score (nSPS) is 8.43. The van der Waals surface area contributed by atoms with E-state index in [1.165, 1.54) is 0 Å². The zero-order valence-electron chi connectivity index (χ0n) is 8.14. The Kier molecular flexibility index (Phi) is 7.17. The topological polar surface area (TPSA) is 72.5 Å². The fraction of sp³-hybridized carbons (Fsp3) is 0.300. The number of nitrogens with two attached hydrogens (primary N) is 1. The summed E-state index contributed by atoms with van der Waals surface area (Å²) in [7, 11) is 0. The van der Waals surface area contributed by atoms with Crippen molar-refractivity contribution in [3.8, 4) is 0 Å². The molecule has 0 saturated carbocycles. The van der Waals surface area contributed by atoms with E-state index in [0.29, 0.717) is 0 Å². The van der Waals surface area contributed by atoms with Crippen molar-refractivity contribution in [1.29, 1.82) is 0 Å². The molecule has 0 saturated heterocycles. The molecule has 1 rings (SSSR count). The highest BCUT2D eigenvalue weighted by Gasteiger charge is 1.93. The van der Waals surface area contributed by atoms with Gasteiger partial charge in [-0.2, -0.15) is 0 Å². The van der Waals surface area contributed by atoms with Crippen LogP contribution in [0.1, 0.15) is 12.5 Å². The van der Waals surface area contributed by atoms with E-state index in [1.54, 1.807) is 6.92 Å². The van der Waals surface area contributed by atoms with Crippen LogP contribution < -0.4 is 5.73 Å². The molecule has 14 heavy (non-hydrogen) atoms. The standard InChI is InChI=1S/C8H9NO2.C2H6O/c9-8(10)11-6-7-4-2-1-3-5-7;1-2-3/h1-5H,6H2,(H2,9,10);3H,2H2,1H3. The number of rotatable bonds is 2. The van der Waals surface area contributed by atoms with Crippen LogP contribution in [-0.4, -0.2) is 17.8 Å². The van der Waals surface area contributed by atoms with Gasteiger partial charge in [-0.05, 0) is 12.5 Å². The molecule has 1 amide bonds. The van der Waals surface area contributed by atoms with Crippen LogP contribution in [0.15, 0.2) is 30.3 Å². The summed E-state index contributed by atoms with van der Waals surface area (Å²) in [6, 6.07) is 9.37. The van der Waals surface area contributed by atoms with Crippen LogP contribution in [0.25, 0.3) is 0 Å². The minimum atomic E-state index is -0.742. The van der Waals surface area contributed by atoms with Gasteiger partial charge >= 0.3 is 6.09 Å². The predicted octanol–water partition coefficient (Wildman–Crippen LogP) is 1.28.